The molecular weight excluding hydrogens is 380 g/mol. The number of aromatic hydroxyl groups is 1. The van der Waals surface area contributed by atoms with E-state index in [1.54, 1.807) is 36.4 Å². The van der Waals surface area contributed by atoms with Gasteiger partial charge < -0.3 is 9.84 Å². The molecule has 3 aromatic rings. The number of nitrogens with one attached hydrogen (secondary N) is 1. The van der Waals surface area contributed by atoms with Crippen molar-refractivity contribution >= 4 is 23.2 Å². The van der Waals surface area contributed by atoms with Crippen LogP contribution in [0.5, 0.6) is 11.6 Å². The summed E-state index contributed by atoms with van der Waals surface area (Å²) < 4.78 is 5.65. The van der Waals surface area contributed by atoms with Crippen molar-refractivity contribution in [3.8, 4) is 11.6 Å². The van der Waals surface area contributed by atoms with Crippen molar-refractivity contribution in [2.45, 2.75) is 6.42 Å². The summed E-state index contributed by atoms with van der Waals surface area (Å²) in [5, 5.41) is 9.65. The molecule has 0 unspecified atom stereocenters. The number of ether oxygens (including phenoxy) is 1. The highest BCUT2D eigenvalue weighted by Gasteiger charge is 2.34. The third-order valence-electron chi connectivity index (χ3n) is 4.45. The minimum absolute atomic E-state index is 0.101. The van der Waals surface area contributed by atoms with Gasteiger partial charge in [0.2, 0.25) is 5.88 Å². The quantitative estimate of drug-likeness (QED) is 0.624. The fourth-order valence-electron chi connectivity index (χ4n) is 3.06. The Hall–Kier alpha value is -3.39. The average molecular weight is 396 g/mol. The summed E-state index contributed by atoms with van der Waals surface area (Å²) in [4.78, 5) is 39.7. The zero-order valence-electron chi connectivity index (χ0n) is 14.7. The standard InChI is InChI=1S/C20H16N2O5S/c23-17-16(28-20(26)21-17)11-12-5-7-13(8-6-12)27-10-9-22-18(24)14-3-1-2-4-15(14)19(22)25/h1-8,23H,9-11H2,(H,21,26). The topological polar surface area (TPSA) is 99.7 Å². The molecule has 0 spiro atoms. The lowest BCUT2D eigenvalue weighted by Crippen LogP contribution is -2.33. The number of imide groups is 1. The Balaban J connectivity index is 1.33. The first kappa shape index (κ1) is 18.0. The van der Waals surface area contributed by atoms with Crippen LogP contribution < -0.4 is 9.61 Å². The van der Waals surface area contributed by atoms with Crippen molar-refractivity contribution in [2.75, 3.05) is 13.2 Å². The van der Waals surface area contributed by atoms with E-state index in [0.29, 0.717) is 28.2 Å². The summed E-state index contributed by atoms with van der Waals surface area (Å²) in [5.41, 5.74) is 1.76. The van der Waals surface area contributed by atoms with Crippen LogP contribution in [0, 0.1) is 0 Å². The summed E-state index contributed by atoms with van der Waals surface area (Å²) in [7, 11) is 0. The van der Waals surface area contributed by atoms with Crippen molar-refractivity contribution in [3.05, 3.63) is 79.8 Å². The molecule has 1 aliphatic rings. The van der Waals surface area contributed by atoms with Crippen molar-refractivity contribution in [1.29, 1.82) is 0 Å². The molecule has 0 fully saturated rings. The molecule has 7 nitrogen and oxygen atoms in total. The van der Waals surface area contributed by atoms with E-state index in [1.807, 2.05) is 12.1 Å². The molecule has 0 radical (unpaired) electrons. The van der Waals surface area contributed by atoms with E-state index in [9.17, 15) is 19.5 Å². The van der Waals surface area contributed by atoms with Crippen LogP contribution in [-0.2, 0) is 6.42 Å². The number of hydrogen-bond acceptors (Lipinski definition) is 6. The van der Waals surface area contributed by atoms with Crippen LogP contribution in [0.1, 0.15) is 31.2 Å². The lowest BCUT2D eigenvalue weighted by Gasteiger charge is -2.14. The van der Waals surface area contributed by atoms with Gasteiger partial charge in [0, 0.05) is 6.42 Å². The Morgan fingerprint density at radius 3 is 2.18 bits per heavy atom. The smallest absolute Gasteiger partial charge is 0.307 e. The molecule has 1 aliphatic heterocycles. The lowest BCUT2D eigenvalue weighted by atomic mass is 10.1. The van der Waals surface area contributed by atoms with Crippen molar-refractivity contribution in [1.82, 2.24) is 9.88 Å². The Labute approximate surface area is 163 Å². The van der Waals surface area contributed by atoms with Gasteiger partial charge in [-0.05, 0) is 29.8 Å². The number of H-pyrrole nitrogens is 1. The van der Waals surface area contributed by atoms with Gasteiger partial charge in [0.1, 0.15) is 12.4 Å². The Morgan fingerprint density at radius 1 is 0.964 bits per heavy atom. The highest BCUT2D eigenvalue weighted by atomic mass is 32.1. The summed E-state index contributed by atoms with van der Waals surface area (Å²) in [6.07, 6.45) is 0.435. The summed E-state index contributed by atoms with van der Waals surface area (Å²) in [6.45, 7) is 0.351. The van der Waals surface area contributed by atoms with E-state index in [0.717, 1.165) is 16.9 Å². The second-order valence-corrected chi connectivity index (χ2v) is 7.33. The first-order chi connectivity index (χ1) is 13.5. The van der Waals surface area contributed by atoms with E-state index >= 15 is 0 Å². The van der Waals surface area contributed by atoms with E-state index < -0.39 is 0 Å². The van der Waals surface area contributed by atoms with Crippen LogP contribution in [0.3, 0.4) is 0 Å². The first-order valence-electron chi connectivity index (χ1n) is 8.61. The van der Waals surface area contributed by atoms with Gasteiger partial charge >= 0.3 is 4.87 Å². The van der Waals surface area contributed by atoms with E-state index in [1.165, 1.54) is 4.90 Å². The van der Waals surface area contributed by atoms with Crippen LogP contribution in [0.25, 0.3) is 0 Å². The van der Waals surface area contributed by atoms with Crippen molar-refractivity contribution in [2.24, 2.45) is 0 Å². The molecule has 1 aromatic heterocycles. The van der Waals surface area contributed by atoms with Gasteiger partial charge in [-0.15, -0.1) is 0 Å². The van der Waals surface area contributed by atoms with Gasteiger partial charge in [-0.25, -0.2) is 0 Å². The predicted octanol–water partition coefficient (Wildman–Crippen LogP) is 2.41. The summed E-state index contributed by atoms with van der Waals surface area (Å²) >= 11 is 0.975. The summed E-state index contributed by atoms with van der Waals surface area (Å²) in [6, 6.07) is 14.0. The third kappa shape index (κ3) is 3.41. The van der Waals surface area contributed by atoms with E-state index in [4.69, 9.17) is 4.74 Å². The molecule has 2 heterocycles. The number of hydrogen-bond donors (Lipinski definition) is 2. The number of carbonyl (C=O) groups is 2. The maximum Gasteiger partial charge on any atom is 0.307 e. The molecule has 8 heteroatoms. The minimum Gasteiger partial charge on any atom is -0.494 e. The number of rotatable bonds is 6. The number of benzene rings is 2. The SMILES string of the molecule is O=C1c2ccccc2C(=O)N1CCOc1ccc(Cc2sc(=O)[nH]c2O)cc1. The van der Waals surface area contributed by atoms with Crippen LogP contribution in [0.4, 0.5) is 0 Å². The van der Waals surface area contributed by atoms with Crippen LogP contribution in [0.2, 0.25) is 0 Å². The number of amides is 2. The molecule has 0 bridgehead atoms. The molecular formula is C20H16N2O5S. The van der Waals surface area contributed by atoms with Gasteiger partial charge in [0.05, 0.1) is 22.5 Å². The average Bonchev–Trinajstić information content (AvgIpc) is 3.14. The van der Waals surface area contributed by atoms with Crippen LogP contribution >= 0.6 is 11.3 Å². The van der Waals surface area contributed by atoms with Gasteiger partial charge in [-0.2, -0.15) is 0 Å². The highest BCUT2D eigenvalue weighted by Crippen LogP contribution is 2.23. The molecule has 0 aliphatic carbocycles. The predicted molar refractivity (Wildman–Crippen MR) is 103 cm³/mol. The normalized spacial score (nSPS) is 13.1. The summed E-state index contributed by atoms with van der Waals surface area (Å²) in [5.74, 6) is -0.0993. The first-order valence-corrected chi connectivity index (χ1v) is 9.42. The monoisotopic (exact) mass is 396 g/mol. The molecule has 0 saturated heterocycles. The number of aromatic nitrogens is 1. The second-order valence-electron chi connectivity index (χ2n) is 6.26. The van der Waals surface area contributed by atoms with Crippen molar-refractivity contribution < 1.29 is 19.4 Å². The second kappa shape index (κ2) is 7.32. The number of aromatic amines is 1. The van der Waals surface area contributed by atoms with Crippen LogP contribution in [0.15, 0.2) is 53.3 Å². The van der Waals surface area contributed by atoms with E-state index in [-0.39, 0.29) is 35.7 Å². The molecule has 0 atom stereocenters. The maximum absolute atomic E-state index is 12.3. The Bertz CT molecular complexity index is 1070. The molecule has 2 amide bonds. The molecule has 28 heavy (non-hydrogen) atoms. The zero-order valence-corrected chi connectivity index (χ0v) is 15.5. The highest BCUT2D eigenvalue weighted by molar-refractivity contribution is 7.09. The van der Waals surface area contributed by atoms with Gasteiger partial charge in [-0.1, -0.05) is 35.6 Å². The molecule has 142 valence electrons. The minimum atomic E-state index is -0.301. The Morgan fingerprint density at radius 2 is 1.61 bits per heavy atom. The maximum atomic E-state index is 12.3. The van der Waals surface area contributed by atoms with Gasteiger partial charge in [0.15, 0.2) is 0 Å². The van der Waals surface area contributed by atoms with Gasteiger partial charge in [0.25, 0.3) is 11.8 Å². The Kier molecular flexibility index (Phi) is 4.70. The lowest BCUT2D eigenvalue weighted by molar-refractivity contribution is 0.0631. The fourth-order valence-corrected chi connectivity index (χ4v) is 3.82. The number of carbonyl (C=O) groups excluding carboxylic acids is 2. The number of fused-ring (bicyclic) bond motifs is 1. The van der Waals surface area contributed by atoms with Crippen molar-refractivity contribution in [3.63, 3.8) is 0 Å². The van der Waals surface area contributed by atoms with Gasteiger partial charge in [-0.3, -0.25) is 24.3 Å². The third-order valence-corrected chi connectivity index (χ3v) is 5.32. The molecule has 2 aromatic carbocycles. The number of thiazole rings is 1. The largest absolute Gasteiger partial charge is 0.494 e. The molecule has 0 saturated carbocycles. The van der Waals surface area contributed by atoms with E-state index in [2.05, 4.69) is 4.98 Å². The molecule has 2 N–H and O–H groups in total. The van der Waals surface area contributed by atoms with Crippen LogP contribution in [-0.4, -0.2) is 40.0 Å². The zero-order chi connectivity index (χ0) is 19.7. The fraction of sp³-hybridized carbons (Fsp3) is 0.150. The molecule has 4 rings (SSSR count). The number of nitrogens with zero attached hydrogens (tertiary/aromatic N) is 1.